The summed E-state index contributed by atoms with van der Waals surface area (Å²) < 4.78 is 19.6. The van der Waals surface area contributed by atoms with Gasteiger partial charge < -0.3 is 15.2 Å². The van der Waals surface area contributed by atoms with Crippen LogP contribution in [0.25, 0.3) is 21.1 Å². The van der Waals surface area contributed by atoms with Crippen molar-refractivity contribution in [3.63, 3.8) is 0 Å². The van der Waals surface area contributed by atoms with E-state index in [2.05, 4.69) is 4.37 Å². The second kappa shape index (κ2) is 5.65. The largest absolute Gasteiger partial charge is 0.369 e. The molecule has 8 heteroatoms. The number of anilines is 1. The normalized spacial score (nSPS) is 20.5. The molecule has 2 fully saturated rings. The SMILES string of the molecule is NC[C@H]1CCN(c2cc3c(cc2F)c(=O)c2c(=O)[nH]sc2n3C2CC2)C1. The molecule has 1 aliphatic carbocycles. The smallest absolute Gasteiger partial charge is 0.271 e. The summed E-state index contributed by atoms with van der Waals surface area (Å²) in [6.45, 7) is 2.08. The van der Waals surface area contributed by atoms with Gasteiger partial charge in [-0.05, 0) is 55.4 Å². The minimum atomic E-state index is -0.416. The first-order valence-corrected chi connectivity index (χ1v) is 9.74. The number of H-pyrrole nitrogens is 1. The van der Waals surface area contributed by atoms with Gasteiger partial charge in [-0.25, -0.2) is 4.39 Å². The minimum Gasteiger partial charge on any atom is -0.369 e. The van der Waals surface area contributed by atoms with E-state index < -0.39 is 5.82 Å². The van der Waals surface area contributed by atoms with E-state index in [1.54, 1.807) is 6.07 Å². The van der Waals surface area contributed by atoms with Gasteiger partial charge >= 0.3 is 0 Å². The number of benzene rings is 1. The number of aromatic amines is 1. The van der Waals surface area contributed by atoms with Crippen molar-refractivity contribution in [2.24, 2.45) is 11.7 Å². The average Bonchev–Trinajstić information content (AvgIpc) is 3.22. The second-order valence-corrected chi connectivity index (χ2v) is 8.10. The molecule has 0 unspecified atom stereocenters. The molecule has 0 spiro atoms. The maximum atomic E-state index is 14.9. The molecule has 6 nitrogen and oxygen atoms in total. The third kappa shape index (κ3) is 2.25. The van der Waals surface area contributed by atoms with Gasteiger partial charge in [-0.3, -0.25) is 14.0 Å². The predicted octanol–water partition coefficient (Wildman–Crippen LogP) is 2.16. The van der Waals surface area contributed by atoms with Gasteiger partial charge in [-0.1, -0.05) is 0 Å². The summed E-state index contributed by atoms with van der Waals surface area (Å²) in [5.41, 5.74) is 6.22. The Bertz CT molecular complexity index is 1140. The fourth-order valence-corrected chi connectivity index (χ4v) is 4.95. The van der Waals surface area contributed by atoms with Crippen molar-refractivity contribution in [1.82, 2.24) is 8.94 Å². The molecule has 3 aromatic rings. The first-order chi connectivity index (χ1) is 12.6. The lowest BCUT2D eigenvalue weighted by Gasteiger charge is -2.21. The first-order valence-electron chi connectivity index (χ1n) is 8.92. The van der Waals surface area contributed by atoms with Crippen LogP contribution in [0.4, 0.5) is 10.1 Å². The van der Waals surface area contributed by atoms with E-state index in [-0.39, 0.29) is 27.8 Å². The van der Waals surface area contributed by atoms with E-state index in [1.807, 2.05) is 9.47 Å². The molecule has 2 aliphatic rings. The highest BCUT2D eigenvalue weighted by Crippen LogP contribution is 2.41. The Labute approximate surface area is 152 Å². The molecule has 26 heavy (non-hydrogen) atoms. The Kier molecular flexibility index (Phi) is 3.48. The second-order valence-electron chi connectivity index (χ2n) is 7.30. The monoisotopic (exact) mass is 374 g/mol. The number of rotatable bonds is 3. The number of pyridine rings is 1. The van der Waals surface area contributed by atoms with E-state index in [9.17, 15) is 14.0 Å². The highest BCUT2D eigenvalue weighted by molar-refractivity contribution is 7.12. The van der Waals surface area contributed by atoms with E-state index in [0.717, 1.165) is 32.4 Å². The quantitative estimate of drug-likeness (QED) is 0.736. The zero-order chi connectivity index (χ0) is 18.0. The van der Waals surface area contributed by atoms with Gasteiger partial charge in [0, 0.05) is 24.5 Å². The molecule has 3 N–H and O–H groups in total. The van der Waals surface area contributed by atoms with Crippen LogP contribution < -0.4 is 21.6 Å². The van der Waals surface area contributed by atoms with E-state index in [0.29, 0.717) is 28.5 Å². The molecule has 1 aromatic carbocycles. The van der Waals surface area contributed by atoms with Crippen LogP contribution in [0.3, 0.4) is 0 Å². The lowest BCUT2D eigenvalue weighted by Crippen LogP contribution is -2.24. The van der Waals surface area contributed by atoms with Crippen LogP contribution in [0, 0.1) is 11.7 Å². The van der Waals surface area contributed by atoms with Crippen LogP contribution in [0.1, 0.15) is 25.3 Å². The Balaban J connectivity index is 1.80. The van der Waals surface area contributed by atoms with Crippen molar-refractivity contribution in [2.75, 3.05) is 24.5 Å². The molecule has 0 radical (unpaired) electrons. The van der Waals surface area contributed by atoms with Crippen LogP contribution in [0.5, 0.6) is 0 Å². The summed E-state index contributed by atoms with van der Waals surface area (Å²) in [5.74, 6) is -0.0475. The fraction of sp³-hybridized carbons (Fsp3) is 0.444. The van der Waals surface area contributed by atoms with Gasteiger partial charge in [0.1, 0.15) is 16.0 Å². The van der Waals surface area contributed by atoms with Crippen molar-refractivity contribution in [1.29, 1.82) is 0 Å². The number of nitrogens with zero attached hydrogens (tertiary/aromatic N) is 2. The van der Waals surface area contributed by atoms with Crippen molar-refractivity contribution in [2.45, 2.75) is 25.3 Å². The highest BCUT2D eigenvalue weighted by Gasteiger charge is 2.30. The predicted molar refractivity (Wildman–Crippen MR) is 102 cm³/mol. The Morgan fingerprint density at radius 3 is 2.77 bits per heavy atom. The number of aromatic nitrogens is 2. The van der Waals surface area contributed by atoms with Gasteiger partial charge in [0.15, 0.2) is 0 Å². The van der Waals surface area contributed by atoms with Crippen molar-refractivity contribution in [3.05, 3.63) is 38.5 Å². The number of hydrogen-bond acceptors (Lipinski definition) is 5. The maximum absolute atomic E-state index is 14.9. The molecule has 2 aromatic heterocycles. The molecule has 1 atom stereocenters. The Morgan fingerprint density at radius 2 is 2.08 bits per heavy atom. The third-order valence-electron chi connectivity index (χ3n) is 5.57. The van der Waals surface area contributed by atoms with Gasteiger partial charge in [0.2, 0.25) is 5.43 Å². The third-order valence-corrected chi connectivity index (χ3v) is 6.45. The van der Waals surface area contributed by atoms with Crippen LogP contribution >= 0.6 is 11.5 Å². The molecular formula is C18H19FN4O2S. The van der Waals surface area contributed by atoms with Gasteiger partial charge in [-0.15, -0.1) is 0 Å². The zero-order valence-electron chi connectivity index (χ0n) is 14.1. The summed E-state index contributed by atoms with van der Waals surface area (Å²) in [6, 6.07) is 3.35. The fourth-order valence-electron chi connectivity index (χ4n) is 4.02. The van der Waals surface area contributed by atoms with Crippen LogP contribution in [-0.2, 0) is 0 Å². The molecule has 1 saturated heterocycles. The Morgan fingerprint density at radius 1 is 1.27 bits per heavy atom. The maximum Gasteiger partial charge on any atom is 0.271 e. The van der Waals surface area contributed by atoms with Crippen molar-refractivity contribution < 1.29 is 4.39 Å². The van der Waals surface area contributed by atoms with Gasteiger partial charge in [-0.2, -0.15) is 0 Å². The summed E-state index contributed by atoms with van der Waals surface area (Å²) in [6.07, 6.45) is 2.96. The van der Waals surface area contributed by atoms with Crippen LogP contribution in [0.15, 0.2) is 21.7 Å². The van der Waals surface area contributed by atoms with E-state index >= 15 is 0 Å². The molecule has 3 heterocycles. The molecule has 1 saturated carbocycles. The van der Waals surface area contributed by atoms with E-state index in [1.165, 1.54) is 17.6 Å². The minimum absolute atomic E-state index is 0.144. The summed E-state index contributed by atoms with van der Waals surface area (Å²) >= 11 is 1.19. The molecular weight excluding hydrogens is 355 g/mol. The van der Waals surface area contributed by atoms with Crippen LogP contribution in [0.2, 0.25) is 0 Å². The number of nitrogens with one attached hydrogen (secondary N) is 1. The number of hydrogen-bond donors (Lipinski definition) is 2. The molecule has 0 amide bonds. The molecule has 1 aliphatic heterocycles. The van der Waals surface area contributed by atoms with Crippen LogP contribution in [-0.4, -0.2) is 28.6 Å². The number of halogens is 1. The number of fused-ring (bicyclic) bond motifs is 2. The number of nitrogens with two attached hydrogens (primary N) is 1. The summed E-state index contributed by atoms with van der Waals surface area (Å²) in [5, 5.41) is 0.426. The standard InChI is InChI=1S/C18H19FN4O2S/c19-12-5-11-13(6-14(12)22-4-3-9(7-20)8-22)23(10-1-2-10)18-15(16(11)24)17(25)21-26-18/h5-6,9-10H,1-4,7-8,20H2,(H,21,25)/t9-/m1/s1. The van der Waals surface area contributed by atoms with E-state index in [4.69, 9.17) is 5.73 Å². The highest BCUT2D eigenvalue weighted by atomic mass is 32.1. The average molecular weight is 374 g/mol. The van der Waals surface area contributed by atoms with Gasteiger partial charge in [0.25, 0.3) is 5.56 Å². The summed E-state index contributed by atoms with van der Waals surface area (Å²) in [7, 11) is 0. The van der Waals surface area contributed by atoms with Crippen molar-refractivity contribution >= 4 is 38.3 Å². The molecule has 136 valence electrons. The lowest BCUT2D eigenvalue weighted by atomic mass is 10.1. The molecule has 0 bridgehead atoms. The van der Waals surface area contributed by atoms with Crippen molar-refractivity contribution in [3.8, 4) is 0 Å². The Hall–Kier alpha value is -2.19. The topological polar surface area (TPSA) is 84.1 Å². The van der Waals surface area contributed by atoms with Gasteiger partial charge in [0.05, 0.1) is 11.2 Å². The molecule has 5 rings (SSSR count). The first kappa shape index (κ1) is 16.0. The summed E-state index contributed by atoms with van der Waals surface area (Å²) in [4.78, 5) is 27.6. The lowest BCUT2D eigenvalue weighted by molar-refractivity contribution is 0.597. The zero-order valence-corrected chi connectivity index (χ0v) is 14.9.